The van der Waals surface area contributed by atoms with Gasteiger partial charge in [0.25, 0.3) is 0 Å². The van der Waals surface area contributed by atoms with E-state index in [1.807, 2.05) is 12.1 Å². The summed E-state index contributed by atoms with van der Waals surface area (Å²) in [5, 5.41) is 0. The SMILES string of the molecule is O=P(O)(OCCc1ccc(CC2CO2)cc1)OCC1CO1. The van der Waals surface area contributed by atoms with Gasteiger partial charge in [0.15, 0.2) is 0 Å². The minimum Gasteiger partial charge on any atom is -0.373 e. The van der Waals surface area contributed by atoms with Gasteiger partial charge in [0, 0.05) is 6.42 Å². The van der Waals surface area contributed by atoms with E-state index in [0.29, 0.717) is 19.1 Å². The molecule has 3 atom stereocenters. The second-order valence-electron chi connectivity index (χ2n) is 5.28. The molecule has 2 fully saturated rings. The van der Waals surface area contributed by atoms with E-state index in [2.05, 4.69) is 12.1 Å². The molecule has 1 aromatic carbocycles. The predicted molar refractivity (Wildman–Crippen MR) is 75.1 cm³/mol. The van der Waals surface area contributed by atoms with Crippen LogP contribution in [0.3, 0.4) is 0 Å². The highest BCUT2D eigenvalue weighted by Gasteiger charge is 2.29. The van der Waals surface area contributed by atoms with Gasteiger partial charge in [-0.15, -0.1) is 0 Å². The summed E-state index contributed by atoms with van der Waals surface area (Å²) in [4.78, 5) is 9.46. The standard InChI is InChI=1S/C14H19O6P/c15-21(16,20-10-14-9-18-14)19-6-5-11-1-3-12(4-2-11)7-13-8-17-13/h1-4,13-14H,5-10H2,(H,15,16). The number of ether oxygens (including phenoxy) is 2. The summed E-state index contributed by atoms with van der Waals surface area (Å²) in [6.45, 7) is 1.68. The Bertz CT molecular complexity index is 509. The zero-order valence-electron chi connectivity index (χ0n) is 11.6. The van der Waals surface area contributed by atoms with Crippen LogP contribution in [0.15, 0.2) is 24.3 Å². The van der Waals surface area contributed by atoms with Crippen molar-refractivity contribution in [3.05, 3.63) is 35.4 Å². The van der Waals surface area contributed by atoms with Gasteiger partial charge in [-0.3, -0.25) is 9.05 Å². The van der Waals surface area contributed by atoms with Crippen molar-refractivity contribution >= 4 is 7.82 Å². The molecule has 2 heterocycles. The van der Waals surface area contributed by atoms with Crippen molar-refractivity contribution in [2.45, 2.75) is 25.0 Å². The number of rotatable bonds is 9. The molecule has 3 unspecified atom stereocenters. The van der Waals surface area contributed by atoms with Gasteiger partial charge in [-0.05, 0) is 17.5 Å². The first-order valence-electron chi connectivity index (χ1n) is 7.04. The van der Waals surface area contributed by atoms with E-state index < -0.39 is 7.82 Å². The smallest absolute Gasteiger partial charge is 0.373 e. The molecule has 7 heteroatoms. The van der Waals surface area contributed by atoms with E-state index in [1.54, 1.807) is 0 Å². The first-order chi connectivity index (χ1) is 10.1. The molecule has 1 aromatic rings. The van der Waals surface area contributed by atoms with E-state index in [1.165, 1.54) is 5.56 Å². The first kappa shape index (κ1) is 15.2. The van der Waals surface area contributed by atoms with Gasteiger partial charge >= 0.3 is 7.82 Å². The normalized spacial score (nSPS) is 26.3. The number of phosphoric acid groups is 1. The third-order valence-corrected chi connectivity index (χ3v) is 4.34. The van der Waals surface area contributed by atoms with Crippen molar-refractivity contribution in [3.8, 4) is 0 Å². The van der Waals surface area contributed by atoms with Gasteiger partial charge in [-0.1, -0.05) is 24.3 Å². The fourth-order valence-corrected chi connectivity index (χ4v) is 2.70. The summed E-state index contributed by atoms with van der Waals surface area (Å²) < 4.78 is 31.4. The molecule has 116 valence electrons. The Balaban J connectivity index is 1.38. The zero-order valence-corrected chi connectivity index (χ0v) is 12.5. The zero-order chi connectivity index (χ0) is 14.7. The molecule has 21 heavy (non-hydrogen) atoms. The average molecular weight is 314 g/mol. The van der Waals surface area contributed by atoms with Crippen molar-refractivity contribution in [1.82, 2.24) is 0 Å². The number of benzene rings is 1. The average Bonchev–Trinajstić information content (AvgIpc) is 3.34. The summed E-state index contributed by atoms with van der Waals surface area (Å²) in [6.07, 6.45) is 1.83. The van der Waals surface area contributed by atoms with Crippen LogP contribution in [0, 0.1) is 0 Å². The lowest BCUT2D eigenvalue weighted by atomic mass is 10.1. The van der Waals surface area contributed by atoms with Crippen LogP contribution >= 0.6 is 7.82 Å². The summed E-state index contributed by atoms with van der Waals surface area (Å²) in [7, 11) is -3.96. The predicted octanol–water partition coefficient (Wildman–Crippen LogP) is 1.70. The molecule has 2 aliphatic rings. The molecule has 1 N–H and O–H groups in total. The molecule has 6 nitrogen and oxygen atoms in total. The largest absolute Gasteiger partial charge is 0.472 e. The highest BCUT2D eigenvalue weighted by atomic mass is 31.2. The van der Waals surface area contributed by atoms with E-state index in [9.17, 15) is 9.46 Å². The molecule has 0 amide bonds. The summed E-state index contributed by atoms with van der Waals surface area (Å²) >= 11 is 0. The van der Waals surface area contributed by atoms with Crippen LogP contribution < -0.4 is 0 Å². The fraction of sp³-hybridized carbons (Fsp3) is 0.571. The van der Waals surface area contributed by atoms with Crippen LogP contribution in [-0.2, 0) is 35.9 Å². The van der Waals surface area contributed by atoms with Crippen LogP contribution in [-0.4, -0.2) is 43.5 Å². The molecule has 2 aliphatic heterocycles. The monoisotopic (exact) mass is 314 g/mol. The fourth-order valence-electron chi connectivity index (χ4n) is 1.95. The van der Waals surface area contributed by atoms with Crippen LogP contribution in [0.25, 0.3) is 0 Å². The maximum absolute atomic E-state index is 11.6. The molecule has 0 spiro atoms. The number of hydrogen-bond donors (Lipinski definition) is 1. The van der Waals surface area contributed by atoms with E-state index in [-0.39, 0.29) is 19.3 Å². The third kappa shape index (κ3) is 5.51. The van der Waals surface area contributed by atoms with Crippen molar-refractivity contribution in [2.75, 3.05) is 26.4 Å². The summed E-state index contributed by atoms with van der Waals surface area (Å²) in [5.41, 5.74) is 2.30. The number of epoxide rings is 2. The third-order valence-electron chi connectivity index (χ3n) is 3.36. The first-order valence-corrected chi connectivity index (χ1v) is 8.53. The lowest BCUT2D eigenvalue weighted by Gasteiger charge is -2.11. The molecule has 3 rings (SSSR count). The molecular weight excluding hydrogens is 295 g/mol. The molecule has 0 aliphatic carbocycles. The highest BCUT2D eigenvalue weighted by molar-refractivity contribution is 7.47. The van der Waals surface area contributed by atoms with Crippen molar-refractivity contribution in [1.29, 1.82) is 0 Å². The Morgan fingerprint density at radius 2 is 1.71 bits per heavy atom. The Kier molecular flexibility index (Phi) is 4.74. The quantitative estimate of drug-likeness (QED) is 0.552. The van der Waals surface area contributed by atoms with Crippen LogP contribution in [0.2, 0.25) is 0 Å². The Morgan fingerprint density at radius 3 is 2.33 bits per heavy atom. The van der Waals surface area contributed by atoms with Gasteiger partial charge < -0.3 is 14.4 Å². The topological polar surface area (TPSA) is 80.8 Å². The van der Waals surface area contributed by atoms with E-state index in [4.69, 9.17) is 18.5 Å². The van der Waals surface area contributed by atoms with Crippen molar-refractivity contribution in [2.24, 2.45) is 0 Å². The van der Waals surface area contributed by atoms with E-state index >= 15 is 0 Å². The lowest BCUT2D eigenvalue weighted by molar-refractivity contribution is 0.141. The number of phosphoric ester groups is 1. The Hall–Kier alpha value is -0.750. The highest BCUT2D eigenvalue weighted by Crippen LogP contribution is 2.43. The maximum atomic E-state index is 11.6. The molecule has 0 radical (unpaired) electrons. The summed E-state index contributed by atoms with van der Waals surface area (Å²) in [6, 6.07) is 8.11. The molecule has 2 saturated heterocycles. The van der Waals surface area contributed by atoms with Crippen LogP contribution in [0.4, 0.5) is 0 Å². The molecule has 0 aromatic heterocycles. The van der Waals surface area contributed by atoms with Crippen LogP contribution in [0.5, 0.6) is 0 Å². The Morgan fingerprint density at radius 1 is 1.10 bits per heavy atom. The summed E-state index contributed by atoms with van der Waals surface area (Å²) in [5.74, 6) is 0. The van der Waals surface area contributed by atoms with Crippen molar-refractivity contribution in [3.63, 3.8) is 0 Å². The van der Waals surface area contributed by atoms with Gasteiger partial charge in [0.1, 0.15) is 6.10 Å². The molecule has 0 bridgehead atoms. The van der Waals surface area contributed by atoms with E-state index in [0.717, 1.165) is 18.6 Å². The Labute approximate surface area is 123 Å². The van der Waals surface area contributed by atoms with Gasteiger partial charge in [0.05, 0.1) is 32.5 Å². The minimum atomic E-state index is -3.96. The van der Waals surface area contributed by atoms with Gasteiger partial charge in [0.2, 0.25) is 0 Å². The number of hydrogen-bond acceptors (Lipinski definition) is 5. The van der Waals surface area contributed by atoms with Gasteiger partial charge in [-0.2, -0.15) is 0 Å². The lowest BCUT2D eigenvalue weighted by Crippen LogP contribution is -2.04. The molecule has 0 saturated carbocycles. The van der Waals surface area contributed by atoms with Crippen molar-refractivity contribution < 1.29 is 28.0 Å². The second-order valence-corrected chi connectivity index (χ2v) is 6.73. The molecular formula is C14H19O6P. The minimum absolute atomic E-state index is 0.0583. The van der Waals surface area contributed by atoms with Crippen LogP contribution in [0.1, 0.15) is 11.1 Å². The second kappa shape index (κ2) is 6.57. The van der Waals surface area contributed by atoms with Gasteiger partial charge in [-0.25, -0.2) is 4.57 Å². The maximum Gasteiger partial charge on any atom is 0.472 e.